The van der Waals surface area contributed by atoms with Gasteiger partial charge in [-0.3, -0.25) is 4.42 Å². The fourth-order valence-electron chi connectivity index (χ4n) is 3.82. The Bertz CT molecular complexity index is 623. The molecule has 2 fully saturated rings. The Balaban J connectivity index is 1.95. The van der Waals surface area contributed by atoms with E-state index in [1.165, 1.54) is 35.6 Å². The van der Waals surface area contributed by atoms with Gasteiger partial charge in [-0.1, -0.05) is 6.58 Å². The molecule has 1 aromatic rings. The number of hydrogen-bond donors (Lipinski definition) is 0. The molecule has 0 spiro atoms. The van der Waals surface area contributed by atoms with Crippen molar-refractivity contribution >= 4 is 5.57 Å². The lowest BCUT2D eigenvalue weighted by atomic mass is 9.89. The summed E-state index contributed by atoms with van der Waals surface area (Å²) < 4.78 is 5.57. The number of allylic oxidation sites excluding steroid dienone is 1. The van der Waals surface area contributed by atoms with Crippen LogP contribution >= 0.6 is 0 Å². The number of fused-ring (bicyclic) bond motifs is 3. The van der Waals surface area contributed by atoms with Gasteiger partial charge >= 0.3 is 5.43 Å². The molecule has 17 heavy (non-hydrogen) atoms. The van der Waals surface area contributed by atoms with E-state index in [-0.39, 0.29) is 0 Å². The first kappa shape index (κ1) is 9.64. The summed E-state index contributed by atoms with van der Waals surface area (Å²) in [6.07, 6.45) is 5.15. The lowest BCUT2D eigenvalue weighted by molar-refractivity contribution is 0.679. The van der Waals surface area contributed by atoms with Gasteiger partial charge in [0.1, 0.15) is 0 Å². The van der Waals surface area contributed by atoms with E-state index in [2.05, 4.69) is 24.8 Å². The van der Waals surface area contributed by atoms with E-state index in [0.717, 1.165) is 30.3 Å². The van der Waals surface area contributed by atoms with E-state index in [1.807, 2.05) is 0 Å². The van der Waals surface area contributed by atoms with Gasteiger partial charge in [0, 0.05) is 6.07 Å². The summed E-state index contributed by atoms with van der Waals surface area (Å²) in [6.45, 7) is 5.17. The zero-order valence-electron chi connectivity index (χ0n) is 10.0. The van der Waals surface area contributed by atoms with Crippen LogP contribution in [0.1, 0.15) is 24.8 Å². The van der Waals surface area contributed by atoms with Gasteiger partial charge in [-0.05, 0) is 59.6 Å². The van der Waals surface area contributed by atoms with Crippen molar-refractivity contribution in [2.24, 2.45) is 11.8 Å². The van der Waals surface area contributed by atoms with Crippen LogP contribution < -0.4 is 10.6 Å². The maximum atomic E-state index is 5.57. The van der Waals surface area contributed by atoms with Crippen LogP contribution in [-0.2, 0) is 6.42 Å². The second-order valence-electron chi connectivity index (χ2n) is 5.57. The molecule has 0 aromatic heterocycles. The van der Waals surface area contributed by atoms with Gasteiger partial charge in [0.2, 0.25) is 0 Å². The second kappa shape index (κ2) is 3.32. The molecule has 1 aliphatic heterocycles. The molecule has 1 aromatic carbocycles. The highest BCUT2D eigenvalue weighted by Gasteiger charge is 2.38. The van der Waals surface area contributed by atoms with Crippen molar-refractivity contribution in [2.75, 3.05) is 6.61 Å². The molecule has 1 nitrogen and oxygen atoms in total. The van der Waals surface area contributed by atoms with Crippen molar-refractivity contribution in [1.29, 1.82) is 0 Å². The minimum Gasteiger partial charge on any atom is -0.254 e. The minimum absolute atomic E-state index is 0.777. The molecule has 2 atom stereocenters. The van der Waals surface area contributed by atoms with Crippen molar-refractivity contribution in [2.45, 2.75) is 25.7 Å². The van der Waals surface area contributed by atoms with Crippen LogP contribution in [0, 0.1) is 11.8 Å². The molecule has 2 bridgehead atoms. The average molecular weight is 225 g/mol. The molecule has 1 heteroatoms. The van der Waals surface area contributed by atoms with Crippen LogP contribution in [0.25, 0.3) is 5.57 Å². The third-order valence-electron chi connectivity index (χ3n) is 4.68. The first-order valence-electron chi connectivity index (χ1n) is 6.65. The third-order valence-corrected chi connectivity index (χ3v) is 4.68. The molecule has 0 amide bonds. The molecule has 2 unspecified atom stereocenters. The van der Waals surface area contributed by atoms with Gasteiger partial charge < -0.3 is 0 Å². The summed E-state index contributed by atoms with van der Waals surface area (Å²) in [5.74, 6) is 1.56. The molecular formula is C16H17O+. The molecule has 0 radical (unpaired) electrons. The molecule has 2 aliphatic carbocycles. The maximum absolute atomic E-state index is 5.57. The van der Waals surface area contributed by atoms with E-state index >= 15 is 0 Å². The zero-order valence-corrected chi connectivity index (χ0v) is 10.0. The van der Waals surface area contributed by atoms with Gasteiger partial charge in [-0.25, -0.2) is 0 Å². The Labute approximate surface area is 101 Å². The van der Waals surface area contributed by atoms with Crippen LogP contribution in [-0.4, -0.2) is 6.61 Å². The van der Waals surface area contributed by atoms with Crippen molar-refractivity contribution < 1.29 is 0 Å². The van der Waals surface area contributed by atoms with Gasteiger partial charge in [0.05, 0.1) is 12.0 Å². The summed E-state index contributed by atoms with van der Waals surface area (Å²) in [4.78, 5) is 0. The Hall–Kier alpha value is -1.37. The van der Waals surface area contributed by atoms with Crippen LogP contribution in [0.2, 0.25) is 0 Å². The van der Waals surface area contributed by atoms with E-state index in [9.17, 15) is 0 Å². The van der Waals surface area contributed by atoms with E-state index in [1.54, 1.807) is 5.57 Å². The van der Waals surface area contributed by atoms with Crippen molar-refractivity contribution in [3.8, 4) is 0 Å². The number of rotatable bonds is 0. The summed E-state index contributed by atoms with van der Waals surface area (Å²) >= 11 is 0. The van der Waals surface area contributed by atoms with E-state index < -0.39 is 0 Å². The highest BCUT2D eigenvalue weighted by molar-refractivity contribution is 5.70. The SMILES string of the molecule is C=C1/C(=c2/ccc3c(c2)CC[O+]=3)C2CCC1C2. The van der Waals surface area contributed by atoms with Gasteiger partial charge in [0.25, 0.3) is 6.61 Å². The lowest BCUT2D eigenvalue weighted by Crippen LogP contribution is -2.17. The van der Waals surface area contributed by atoms with Crippen LogP contribution in [0.15, 0.2) is 34.8 Å². The summed E-state index contributed by atoms with van der Waals surface area (Å²) in [5, 5.41) is 1.41. The topological polar surface area (TPSA) is 11.3 Å². The van der Waals surface area contributed by atoms with Crippen LogP contribution in [0.4, 0.5) is 0 Å². The fourth-order valence-corrected chi connectivity index (χ4v) is 3.82. The van der Waals surface area contributed by atoms with Gasteiger partial charge in [-0.15, -0.1) is 0 Å². The largest absolute Gasteiger partial charge is 0.347 e. The Kier molecular flexibility index (Phi) is 1.88. The molecule has 0 N–H and O–H groups in total. The fraction of sp³-hybridized carbons (Fsp3) is 0.438. The number of benzene rings is 1. The predicted octanol–water partition coefficient (Wildman–Crippen LogP) is 1.99. The highest BCUT2D eigenvalue weighted by Crippen LogP contribution is 2.51. The molecule has 3 aliphatic rings. The first-order chi connectivity index (χ1) is 8.33. The van der Waals surface area contributed by atoms with Crippen molar-refractivity contribution in [3.05, 3.63) is 51.0 Å². The second-order valence-corrected chi connectivity index (χ2v) is 5.57. The molecule has 0 saturated heterocycles. The summed E-state index contributed by atoms with van der Waals surface area (Å²) in [7, 11) is 0. The Morgan fingerprint density at radius 3 is 2.88 bits per heavy atom. The molecule has 1 heterocycles. The molecule has 4 rings (SSSR count). The first-order valence-corrected chi connectivity index (χ1v) is 6.65. The summed E-state index contributed by atoms with van der Waals surface area (Å²) in [6, 6.07) is 6.71. The van der Waals surface area contributed by atoms with Crippen LogP contribution in [0.5, 0.6) is 0 Å². The Morgan fingerprint density at radius 1 is 1.18 bits per heavy atom. The quantitative estimate of drug-likeness (QED) is 0.598. The van der Waals surface area contributed by atoms with Gasteiger partial charge in [0.15, 0.2) is 0 Å². The molecule has 2 saturated carbocycles. The highest BCUT2D eigenvalue weighted by atomic mass is 16.4. The standard InChI is InChI=1S/C16H17O/c1-10-11-2-3-13(8-11)16(10)14-4-5-15-12(9-14)6-7-17-15/h4-5,9,11,13H,1-3,6-8H2/q+1/b16-14+. The van der Waals surface area contributed by atoms with Crippen molar-refractivity contribution in [1.82, 2.24) is 0 Å². The lowest BCUT2D eigenvalue weighted by Gasteiger charge is -2.16. The van der Waals surface area contributed by atoms with E-state index in [4.69, 9.17) is 4.42 Å². The maximum Gasteiger partial charge on any atom is 0.347 e. The number of hydrogen-bond acceptors (Lipinski definition) is 0. The van der Waals surface area contributed by atoms with Crippen LogP contribution in [0.3, 0.4) is 0 Å². The molecule has 86 valence electrons. The smallest absolute Gasteiger partial charge is 0.254 e. The Morgan fingerprint density at radius 2 is 2.06 bits per heavy atom. The van der Waals surface area contributed by atoms with E-state index in [0.29, 0.717) is 0 Å². The van der Waals surface area contributed by atoms with Crippen molar-refractivity contribution in [3.63, 3.8) is 0 Å². The third kappa shape index (κ3) is 1.28. The monoisotopic (exact) mass is 225 g/mol. The zero-order chi connectivity index (χ0) is 11.4. The normalized spacial score (nSPS) is 32.8. The predicted molar refractivity (Wildman–Crippen MR) is 69.9 cm³/mol. The summed E-state index contributed by atoms with van der Waals surface area (Å²) in [5.41, 5.74) is 5.43. The average Bonchev–Trinajstić information content (AvgIpc) is 3.02. The minimum atomic E-state index is 0.777. The molecular weight excluding hydrogens is 208 g/mol. The van der Waals surface area contributed by atoms with Gasteiger partial charge in [-0.2, -0.15) is 0 Å².